The fraction of sp³-hybridized carbons (Fsp3) is 0.214. The van der Waals surface area contributed by atoms with Crippen molar-refractivity contribution in [2.45, 2.75) is 13.3 Å². The van der Waals surface area contributed by atoms with Gasteiger partial charge in [-0.15, -0.1) is 10.2 Å². The van der Waals surface area contributed by atoms with Gasteiger partial charge in [0.1, 0.15) is 0 Å². The predicted molar refractivity (Wildman–Crippen MR) is 77.1 cm³/mol. The first-order chi connectivity index (χ1) is 9.70. The molecule has 2 aromatic rings. The Morgan fingerprint density at radius 2 is 2.00 bits per heavy atom. The van der Waals surface area contributed by atoms with Crippen molar-refractivity contribution in [3.63, 3.8) is 0 Å². The van der Waals surface area contributed by atoms with Gasteiger partial charge in [-0.3, -0.25) is 4.79 Å². The van der Waals surface area contributed by atoms with E-state index in [1.165, 1.54) is 11.1 Å². The fourth-order valence-corrected chi connectivity index (χ4v) is 1.82. The number of anilines is 1. The molecule has 0 saturated heterocycles. The van der Waals surface area contributed by atoms with Crippen LogP contribution in [-0.2, 0) is 6.42 Å². The molecular formula is C14H17N5O. The van der Waals surface area contributed by atoms with Crippen molar-refractivity contribution >= 4 is 11.7 Å². The monoisotopic (exact) mass is 271 g/mol. The first-order valence-corrected chi connectivity index (χ1v) is 6.34. The Bertz CT molecular complexity index is 582. The fourth-order valence-electron chi connectivity index (χ4n) is 1.82. The Kier molecular flexibility index (Phi) is 4.62. The zero-order valence-corrected chi connectivity index (χ0v) is 11.3. The number of nitrogens with one attached hydrogen (secondary N) is 2. The van der Waals surface area contributed by atoms with Crippen LogP contribution in [0, 0.1) is 6.92 Å². The third-order valence-electron chi connectivity index (χ3n) is 2.99. The maximum atomic E-state index is 11.9. The Morgan fingerprint density at radius 1 is 1.20 bits per heavy atom. The molecule has 0 aliphatic heterocycles. The number of carbonyl (C=O) groups excluding carboxylic acids is 1. The third kappa shape index (κ3) is 3.52. The first kappa shape index (κ1) is 14.0. The maximum absolute atomic E-state index is 11.9. The van der Waals surface area contributed by atoms with Gasteiger partial charge >= 0.3 is 0 Å². The summed E-state index contributed by atoms with van der Waals surface area (Å²) in [6.45, 7) is 2.61. The van der Waals surface area contributed by atoms with Gasteiger partial charge in [-0.1, -0.05) is 24.3 Å². The Hall–Kier alpha value is -2.47. The van der Waals surface area contributed by atoms with E-state index >= 15 is 0 Å². The summed E-state index contributed by atoms with van der Waals surface area (Å²) in [4.78, 5) is 11.9. The van der Waals surface area contributed by atoms with Gasteiger partial charge in [0.25, 0.3) is 5.91 Å². The van der Waals surface area contributed by atoms with E-state index in [-0.39, 0.29) is 11.6 Å². The van der Waals surface area contributed by atoms with Crippen molar-refractivity contribution in [1.29, 1.82) is 0 Å². The summed E-state index contributed by atoms with van der Waals surface area (Å²) < 4.78 is 0. The van der Waals surface area contributed by atoms with Crippen molar-refractivity contribution in [2.24, 2.45) is 5.84 Å². The lowest BCUT2D eigenvalue weighted by atomic mass is 10.1. The van der Waals surface area contributed by atoms with Crippen LogP contribution in [0.25, 0.3) is 0 Å². The van der Waals surface area contributed by atoms with E-state index < -0.39 is 0 Å². The zero-order chi connectivity index (χ0) is 14.4. The molecule has 0 radical (unpaired) electrons. The van der Waals surface area contributed by atoms with Crippen LogP contribution < -0.4 is 16.6 Å². The number of aryl methyl sites for hydroxylation is 1. The number of rotatable bonds is 5. The minimum atomic E-state index is -0.241. The summed E-state index contributed by atoms with van der Waals surface area (Å²) in [7, 11) is 0. The van der Waals surface area contributed by atoms with Crippen molar-refractivity contribution in [1.82, 2.24) is 15.5 Å². The highest BCUT2D eigenvalue weighted by Crippen LogP contribution is 2.07. The number of aromatic nitrogens is 2. The average molecular weight is 271 g/mol. The summed E-state index contributed by atoms with van der Waals surface area (Å²) in [5.41, 5.74) is 5.08. The van der Waals surface area contributed by atoms with Gasteiger partial charge in [0.05, 0.1) is 0 Å². The zero-order valence-electron chi connectivity index (χ0n) is 11.3. The molecule has 0 aliphatic carbocycles. The summed E-state index contributed by atoms with van der Waals surface area (Å²) in [6, 6.07) is 11.3. The van der Waals surface area contributed by atoms with Gasteiger partial charge in [0.15, 0.2) is 11.5 Å². The molecule has 1 aromatic carbocycles. The second-order valence-electron chi connectivity index (χ2n) is 4.38. The van der Waals surface area contributed by atoms with Crippen molar-refractivity contribution in [3.8, 4) is 0 Å². The number of hydrazine groups is 1. The standard InChI is InChI=1S/C14H17N5O/c1-10-4-2-3-5-11(10)8-9-16-14(20)12-6-7-13(17-15)19-18-12/h2-7H,8-9,15H2,1H3,(H,16,20)(H,17,19). The van der Waals surface area contributed by atoms with Crippen LogP contribution in [0.2, 0.25) is 0 Å². The molecule has 0 saturated carbocycles. The van der Waals surface area contributed by atoms with E-state index in [2.05, 4.69) is 40.0 Å². The lowest BCUT2D eigenvalue weighted by molar-refractivity contribution is 0.0948. The number of benzene rings is 1. The summed E-state index contributed by atoms with van der Waals surface area (Å²) in [6.07, 6.45) is 0.786. The first-order valence-electron chi connectivity index (χ1n) is 6.34. The van der Waals surface area contributed by atoms with Gasteiger partial charge in [0, 0.05) is 6.54 Å². The lowest BCUT2D eigenvalue weighted by Crippen LogP contribution is -2.27. The minimum absolute atomic E-state index is 0.241. The SMILES string of the molecule is Cc1ccccc1CCNC(=O)c1ccc(NN)nn1. The van der Waals surface area contributed by atoms with E-state index in [0.29, 0.717) is 12.4 Å². The van der Waals surface area contributed by atoms with Crippen LogP contribution in [0.3, 0.4) is 0 Å². The number of nitrogens with two attached hydrogens (primary N) is 1. The number of nitrogen functional groups attached to an aromatic ring is 1. The van der Waals surface area contributed by atoms with Crippen LogP contribution in [0.5, 0.6) is 0 Å². The lowest BCUT2D eigenvalue weighted by Gasteiger charge is -2.07. The Morgan fingerprint density at radius 3 is 2.65 bits per heavy atom. The molecule has 20 heavy (non-hydrogen) atoms. The van der Waals surface area contributed by atoms with Gasteiger partial charge in [-0.25, -0.2) is 5.84 Å². The van der Waals surface area contributed by atoms with Crippen LogP contribution in [0.1, 0.15) is 21.6 Å². The highest BCUT2D eigenvalue weighted by molar-refractivity contribution is 5.92. The van der Waals surface area contributed by atoms with E-state index in [1.54, 1.807) is 12.1 Å². The molecule has 4 N–H and O–H groups in total. The highest BCUT2D eigenvalue weighted by atomic mass is 16.1. The molecule has 1 aromatic heterocycles. The Labute approximate surface area is 117 Å². The molecule has 6 heteroatoms. The largest absolute Gasteiger partial charge is 0.350 e. The summed E-state index contributed by atoms with van der Waals surface area (Å²) >= 11 is 0. The van der Waals surface area contributed by atoms with Crippen LogP contribution >= 0.6 is 0 Å². The highest BCUT2D eigenvalue weighted by Gasteiger charge is 2.07. The van der Waals surface area contributed by atoms with Crippen molar-refractivity contribution in [2.75, 3.05) is 12.0 Å². The molecule has 6 nitrogen and oxygen atoms in total. The normalized spacial score (nSPS) is 10.1. The maximum Gasteiger partial charge on any atom is 0.271 e. The quantitative estimate of drug-likeness (QED) is 0.558. The molecule has 1 amide bonds. The number of hydrogen-bond donors (Lipinski definition) is 3. The topological polar surface area (TPSA) is 92.9 Å². The molecule has 104 valence electrons. The molecular weight excluding hydrogens is 254 g/mol. The minimum Gasteiger partial charge on any atom is -0.350 e. The molecule has 1 heterocycles. The molecule has 0 unspecified atom stereocenters. The van der Waals surface area contributed by atoms with E-state index in [1.807, 2.05) is 12.1 Å². The van der Waals surface area contributed by atoms with E-state index in [4.69, 9.17) is 5.84 Å². The number of nitrogens with zero attached hydrogens (tertiary/aromatic N) is 2. The van der Waals surface area contributed by atoms with Gasteiger partial charge in [-0.05, 0) is 36.6 Å². The second kappa shape index (κ2) is 6.63. The summed E-state index contributed by atoms with van der Waals surface area (Å²) in [5, 5.41) is 10.4. The predicted octanol–water partition coefficient (Wildman–Crippen LogP) is 1.04. The number of amides is 1. The smallest absolute Gasteiger partial charge is 0.271 e. The summed E-state index contributed by atoms with van der Waals surface area (Å²) in [5.74, 6) is 5.36. The third-order valence-corrected chi connectivity index (χ3v) is 2.99. The van der Waals surface area contributed by atoms with Crippen LogP contribution in [0.4, 0.5) is 5.82 Å². The Balaban J connectivity index is 1.87. The average Bonchev–Trinajstić information content (AvgIpc) is 2.49. The van der Waals surface area contributed by atoms with Gasteiger partial charge in [-0.2, -0.15) is 0 Å². The number of carbonyl (C=O) groups is 1. The molecule has 0 atom stereocenters. The van der Waals surface area contributed by atoms with Crippen molar-refractivity contribution < 1.29 is 4.79 Å². The molecule has 0 fully saturated rings. The molecule has 0 spiro atoms. The second-order valence-corrected chi connectivity index (χ2v) is 4.38. The van der Waals surface area contributed by atoms with E-state index in [9.17, 15) is 4.79 Å². The van der Waals surface area contributed by atoms with Crippen LogP contribution in [-0.4, -0.2) is 22.6 Å². The molecule has 0 bridgehead atoms. The molecule has 0 aliphatic rings. The van der Waals surface area contributed by atoms with Crippen molar-refractivity contribution in [3.05, 3.63) is 53.2 Å². The molecule has 2 rings (SSSR count). The number of hydrogen-bond acceptors (Lipinski definition) is 5. The van der Waals surface area contributed by atoms with E-state index in [0.717, 1.165) is 6.42 Å². The van der Waals surface area contributed by atoms with Crippen LogP contribution in [0.15, 0.2) is 36.4 Å². The van der Waals surface area contributed by atoms with Gasteiger partial charge < -0.3 is 10.7 Å². The van der Waals surface area contributed by atoms with Gasteiger partial charge in [0.2, 0.25) is 0 Å².